The average molecular weight is 275 g/mol. The van der Waals surface area contributed by atoms with E-state index in [0.29, 0.717) is 11.2 Å². The molecule has 0 unspecified atom stereocenters. The Morgan fingerprint density at radius 1 is 1.16 bits per heavy atom. The quantitative estimate of drug-likeness (QED) is 0.846. The molecule has 0 saturated heterocycles. The Morgan fingerprint density at radius 3 is 2.32 bits per heavy atom. The van der Waals surface area contributed by atoms with Crippen molar-refractivity contribution in [1.29, 1.82) is 0 Å². The number of aryl methyl sites for hydroxylation is 1. The van der Waals surface area contributed by atoms with Crippen molar-refractivity contribution in [1.82, 2.24) is 9.97 Å². The molecule has 0 bridgehead atoms. The van der Waals surface area contributed by atoms with Crippen molar-refractivity contribution in [3.8, 4) is 0 Å². The fraction of sp³-hybridized carbons (Fsp3) is 0.286. The number of anilines is 1. The minimum absolute atomic E-state index is 0.113. The predicted octanol–water partition coefficient (Wildman–Crippen LogP) is 2.40. The summed E-state index contributed by atoms with van der Waals surface area (Å²) < 4.78 is 0.370. The molecule has 0 fully saturated rings. The number of hydrogen-bond donors (Lipinski definition) is 2. The third-order valence-electron chi connectivity index (χ3n) is 3.09. The van der Waals surface area contributed by atoms with Gasteiger partial charge in [-0.3, -0.25) is 9.78 Å². The van der Waals surface area contributed by atoms with E-state index < -0.39 is 0 Å². The van der Waals surface area contributed by atoms with E-state index in [1.807, 2.05) is 50.2 Å². The Balaban J connectivity index is 2.31. The zero-order valence-electron chi connectivity index (χ0n) is 11.3. The smallest absolute Gasteiger partial charge is 0.255 e. The van der Waals surface area contributed by atoms with Gasteiger partial charge in [0, 0.05) is 37.5 Å². The third-order valence-corrected chi connectivity index (χ3v) is 3.29. The van der Waals surface area contributed by atoms with Crippen LogP contribution in [0, 0.1) is 11.7 Å². The van der Waals surface area contributed by atoms with Crippen LogP contribution in [0.2, 0.25) is 0 Å². The first kappa shape index (κ1) is 13.5. The first-order valence-electron chi connectivity index (χ1n) is 6.05. The first-order valence-corrected chi connectivity index (χ1v) is 6.46. The zero-order chi connectivity index (χ0) is 14.0. The molecule has 0 amide bonds. The molecule has 0 aliphatic heterocycles. The van der Waals surface area contributed by atoms with Gasteiger partial charge in [-0.1, -0.05) is 12.1 Å². The molecule has 1 aromatic heterocycles. The van der Waals surface area contributed by atoms with Crippen LogP contribution in [0.4, 0.5) is 5.69 Å². The minimum Gasteiger partial charge on any atom is -0.378 e. The highest BCUT2D eigenvalue weighted by Gasteiger charge is 2.06. The van der Waals surface area contributed by atoms with E-state index in [0.717, 1.165) is 22.5 Å². The fourth-order valence-electron chi connectivity index (χ4n) is 1.95. The Morgan fingerprint density at radius 2 is 1.79 bits per heavy atom. The maximum Gasteiger partial charge on any atom is 0.255 e. The highest BCUT2D eigenvalue weighted by Crippen LogP contribution is 2.14. The summed E-state index contributed by atoms with van der Waals surface area (Å²) in [7, 11) is 4.00. The standard InChI is InChI=1S/C14H17N3OS/c1-9-12(13(18)16-14(19)15-9)8-10-4-6-11(7-5-10)17(2)3/h4-7H,8H2,1-3H3,(H2,15,16,18,19). The fourth-order valence-corrected chi connectivity index (χ4v) is 2.20. The number of rotatable bonds is 3. The van der Waals surface area contributed by atoms with Crippen molar-refractivity contribution in [3.05, 3.63) is 56.2 Å². The van der Waals surface area contributed by atoms with Gasteiger partial charge >= 0.3 is 0 Å². The van der Waals surface area contributed by atoms with E-state index in [9.17, 15) is 4.79 Å². The van der Waals surface area contributed by atoms with Gasteiger partial charge < -0.3 is 9.88 Å². The van der Waals surface area contributed by atoms with Gasteiger partial charge in [0.2, 0.25) is 0 Å². The minimum atomic E-state index is -0.113. The van der Waals surface area contributed by atoms with Gasteiger partial charge in [0.1, 0.15) is 0 Å². The number of nitrogens with one attached hydrogen (secondary N) is 2. The number of aromatic amines is 2. The number of H-pyrrole nitrogens is 2. The predicted molar refractivity (Wildman–Crippen MR) is 80.6 cm³/mol. The lowest BCUT2D eigenvalue weighted by molar-refractivity contribution is 0.962. The van der Waals surface area contributed by atoms with Gasteiger partial charge in [-0.05, 0) is 36.8 Å². The maximum absolute atomic E-state index is 11.9. The summed E-state index contributed by atoms with van der Waals surface area (Å²) in [6.07, 6.45) is 0.598. The molecule has 0 saturated carbocycles. The van der Waals surface area contributed by atoms with Gasteiger partial charge in [0.05, 0.1) is 0 Å². The van der Waals surface area contributed by atoms with Crippen LogP contribution in [0.3, 0.4) is 0 Å². The largest absolute Gasteiger partial charge is 0.378 e. The van der Waals surface area contributed by atoms with Crippen LogP contribution < -0.4 is 10.5 Å². The van der Waals surface area contributed by atoms with Crippen LogP contribution in [0.5, 0.6) is 0 Å². The van der Waals surface area contributed by atoms with Crippen LogP contribution in [0.25, 0.3) is 0 Å². The van der Waals surface area contributed by atoms with Gasteiger partial charge in [0.25, 0.3) is 5.56 Å². The summed E-state index contributed by atoms with van der Waals surface area (Å²) in [6.45, 7) is 1.87. The van der Waals surface area contributed by atoms with E-state index in [1.54, 1.807) is 0 Å². The molecule has 1 aromatic carbocycles. The molecule has 0 atom stereocenters. The monoisotopic (exact) mass is 275 g/mol. The van der Waals surface area contributed by atoms with Crippen LogP contribution in [-0.4, -0.2) is 24.1 Å². The van der Waals surface area contributed by atoms with Gasteiger partial charge in [-0.2, -0.15) is 0 Å². The van der Waals surface area contributed by atoms with Crippen LogP contribution in [0.15, 0.2) is 29.1 Å². The number of hydrogen-bond acceptors (Lipinski definition) is 3. The van der Waals surface area contributed by atoms with E-state index in [4.69, 9.17) is 12.2 Å². The van der Waals surface area contributed by atoms with Crippen LogP contribution >= 0.6 is 12.2 Å². The maximum atomic E-state index is 11.9. The summed E-state index contributed by atoms with van der Waals surface area (Å²) in [4.78, 5) is 19.5. The lowest BCUT2D eigenvalue weighted by Gasteiger charge is -2.12. The molecule has 1 heterocycles. The van der Waals surface area contributed by atoms with Crippen molar-refractivity contribution >= 4 is 17.9 Å². The van der Waals surface area contributed by atoms with Gasteiger partial charge in [-0.15, -0.1) is 0 Å². The van der Waals surface area contributed by atoms with E-state index in [2.05, 4.69) is 9.97 Å². The topological polar surface area (TPSA) is 51.9 Å². The summed E-state index contributed by atoms with van der Waals surface area (Å²) in [5.41, 5.74) is 3.68. The molecule has 0 aliphatic carbocycles. The van der Waals surface area contributed by atoms with Crippen molar-refractivity contribution in [2.24, 2.45) is 0 Å². The molecule has 5 heteroatoms. The summed E-state index contributed by atoms with van der Waals surface area (Å²) in [5, 5.41) is 0. The molecule has 19 heavy (non-hydrogen) atoms. The third kappa shape index (κ3) is 3.12. The second-order valence-electron chi connectivity index (χ2n) is 4.75. The first-order chi connectivity index (χ1) is 8.97. The normalized spacial score (nSPS) is 10.5. The molecular formula is C14H17N3OS. The van der Waals surface area contributed by atoms with Crippen LogP contribution in [-0.2, 0) is 6.42 Å². The Kier molecular flexibility index (Phi) is 3.85. The second kappa shape index (κ2) is 5.40. The number of aromatic nitrogens is 2. The molecule has 2 rings (SSSR count). The molecule has 0 radical (unpaired) electrons. The molecular weight excluding hydrogens is 258 g/mol. The second-order valence-corrected chi connectivity index (χ2v) is 5.16. The molecule has 2 aromatic rings. The highest BCUT2D eigenvalue weighted by molar-refractivity contribution is 7.71. The van der Waals surface area contributed by atoms with E-state index in [-0.39, 0.29) is 5.56 Å². The lowest BCUT2D eigenvalue weighted by Crippen LogP contribution is -2.16. The van der Waals surface area contributed by atoms with Crippen molar-refractivity contribution in [3.63, 3.8) is 0 Å². The van der Waals surface area contributed by atoms with Crippen molar-refractivity contribution in [2.45, 2.75) is 13.3 Å². The lowest BCUT2D eigenvalue weighted by atomic mass is 10.0. The molecule has 0 spiro atoms. The van der Waals surface area contributed by atoms with Gasteiger partial charge in [0.15, 0.2) is 4.77 Å². The molecule has 2 N–H and O–H groups in total. The van der Waals surface area contributed by atoms with Crippen molar-refractivity contribution in [2.75, 3.05) is 19.0 Å². The average Bonchev–Trinajstić information content (AvgIpc) is 2.34. The molecule has 4 nitrogen and oxygen atoms in total. The van der Waals surface area contributed by atoms with Gasteiger partial charge in [-0.25, -0.2) is 0 Å². The van der Waals surface area contributed by atoms with E-state index >= 15 is 0 Å². The van der Waals surface area contributed by atoms with E-state index in [1.165, 1.54) is 0 Å². The zero-order valence-corrected chi connectivity index (χ0v) is 12.1. The summed E-state index contributed by atoms with van der Waals surface area (Å²) >= 11 is 4.94. The molecule has 0 aliphatic rings. The van der Waals surface area contributed by atoms with Crippen LogP contribution in [0.1, 0.15) is 16.8 Å². The number of nitrogens with zero attached hydrogens (tertiary/aromatic N) is 1. The molecule has 100 valence electrons. The summed E-state index contributed by atoms with van der Waals surface area (Å²) in [6, 6.07) is 8.17. The SMILES string of the molecule is Cc1[nH]c(=S)[nH]c(=O)c1Cc1ccc(N(C)C)cc1. The van der Waals surface area contributed by atoms with Crippen molar-refractivity contribution < 1.29 is 0 Å². The number of benzene rings is 1. The Hall–Kier alpha value is -1.88. The Bertz CT molecular complexity index is 683. The Labute approximate surface area is 117 Å². The highest BCUT2D eigenvalue weighted by atomic mass is 32.1. The summed E-state index contributed by atoms with van der Waals surface area (Å²) in [5.74, 6) is 0.